The molecule has 5 heteroatoms. The number of nitrogens with zero attached hydrogens (tertiary/aromatic N) is 2. The number of carbonyl (C=O) groups is 1. The first-order valence-corrected chi connectivity index (χ1v) is 5.55. The molecule has 0 amide bonds. The average Bonchev–Trinajstić information content (AvgIpc) is 2.93. The number of nitrogens with one attached hydrogen (secondary N) is 1. The summed E-state index contributed by atoms with van der Waals surface area (Å²) in [7, 11) is 1.24. The number of aromatic amines is 1. The van der Waals surface area contributed by atoms with Gasteiger partial charge in [-0.25, -0.2) is 4.79 Å². The fraction of sp³-hybridized carbons (Fsp3) is 0.0714. The molecule has 0 saturated carbocycles. The zero-order valence-corrected chi connectivity index (χ0v) is 10.3. The molecule has 0 aliphatic carbocycles. The molecule has 2 aromatic rings. The second-order valence-corrected chi connectivity index (χ2v) is 3.73. The lowest BCUT2D eigenvalue weighted by Crippen LogP contribution is -2.02. The largest absolute Gasteiger partial charge is 0.465 e. The van der Waals surface area contributed by atoms with Gasteiger partial charge in [0.05, 0.1) is 19.0 Å². The molecule has 19 heavy (non-hydrogen) atoms. The van der Waals surface area contributed by atoms with Crippen LogP contribution in [0.5, 0.6) is 0 Å². The summed E-state index contributed by atoms with van der Waals surface area (Å²) in [5.74, 6) is -0.664. The van der Waals surface area contributed by atoms with Gasteiger partial charge in [0.1, 0.15) is 11.6 Å². The molecule has 2 rings (SSSR count). The van der Waals surface area contributed by atoms with Crippen molar-refractivity contribution >= 4 is 12.0 Å². The van der Waals surface area contributed by atoms with E-state index >= 15 is 0 Å². The Kier molecular flexibility index (Phi) is 3.74. The highest BCUT2D eigenvalue weighted by Gasteiger charge is 2.12. The first kappa shape index (κ1) is 12.6. The van der Waals surface area contributed by atoms with E-state index in [0.29, 0.717) is 5.56 Å². The Morgan fingerprint density at radius 2 is 2.16 bits per heavy atom. The third-order valence-electron chi connectivity index (χ3n) is 2.56. The van der Waals surface area contributed by atoms with E-state index < -0.39 is 5.97 Å². The zero-order valence-electron chi connectivity index (χ0n) is 10.3. The SMILES string of the molecule is COC(=O)C(C#N)=Cc1cn[nH]c1-c1ccccc1. The van der Waals surface area contributed by atoms with E-state index in [-0.39, 0.29) is 5.57 Å². The predicted octanol–water partition coefficient (Wildman–Crippen LogP) is 2.16. The third kappa shape index (κ3) is 2.69. The number of hydrogen-bond acceptors (Lipinski definition) is 4. The van der Waals surface area contributed by atoms with E-state index in [4.69, 9.17) is 5.26 Å². The Bertz CT molecular complexity index is 651. The minimum absolute atomic E-state index is 0.0684. The van der Waals surface area contributed by atoms with Crippen molar-refractivity contribution in [3.63, 3.8) is 0 Å². The predicted molar refractivity (Wildman–Crippen MR) is 69.6 cm³/mol. The average molecular weight is 253 g/mol. The van der Waals surface area contributed by atoms with E-state index in [1.54, 1.807) is 6.20 Å². The van der Waals surface area contributed by atoms with Gasteiger partial charge in [-0.1, -0.05) is 30.3 Å². The number of benzene rings is 1. The molecular weight excluding hydrogens is 242 g/mol. The molecule has 1 heterocycles. The highest BCUT2D eigenvalue weighted by molar-refractivity contribution is 5.98. The molecule has 0 spiro atoms. The first-order chi connectivity index (χ1) is 9.26. The summed E-state index contributed by atoms with van der Waals surface area (Å²) in [6.07, 6.45) is 3.01. The highest BCUT2D eigenvalue weighted by Crippen LogP contribution is 2.22. The molecule has 1 N–H and O–H groups in total. The lowest BCUT2D eigenvalue weighted by atomic mass is 10.1. The number of hydrogen-bond donors (Lipinski definition) is 1. The van der Waals surface area contributed by atoms with Crippen LogP contribution in [0.15, 0.2) is 42.1 Å². The Morgan fingerprint density at radius 3 is 2.79 bits per heavy atom. The number of aromatic nitrogens is 2. The Balaban J connectivity index is 2.44. The molecule has 0 saturated heterocycles. The van der Waals surface area contributed by atoms with Crippen molar-refractivity contribution in [2.24, 2.45) is 0 Å². The van der Waals surface area contributed by atoms with Gasteiger partial charge in [0.15, 0.2) is 0 Å². The number of ether oxygens (including phenoxy) is 1. The van der Waals surface area contributed by atoms with E-state index in [2.05, 4.69) is 14.9 Å². The standard InChI is InChI=1S/C14H11N3O2/c1-19-14(18)11(8-15)7-12-9-16-17-13(12)10-5-3-2-4-6-10/h2-7,9H,1H3,(H,16,17). The van der Waals surface area contributed by atoms with Crippen LogP contribution < -0.4 is 0 Å². The van der Waals surface area contributed by atoms with Crippen LogP contribution >= 0.6 is 0 Å². The fourth-order valence-corrected chi connectivity index (χ4v) is 1.64. The quantitative estimate of drug-likeness (QED) is 0.516. The van der Waals surface area contributed by atoms with Crippen LogP contribution in [-0.4, -0.2) is 23.3 Å². The van der Waals surface area contributed by atoms with Crippen molar-refractivity contribution in [1.29, 1.82) is 5.26 Å². The number of H-pyrrole nitrogens is 1. The van der Waals surface area contributed by atoms with E-state index in [9.17, 15) is 4.79 Å². The minimum Gasteiger partial charge on any atom is -0.465 e. The van der Waals surface area contributed by atoms with E-state index in [0.717, 1.165) is 11.3 Å². The van der Waals surface area contributed by atoms with Crippen molar-refractivity contribution in [1.82, 2.24) is 10.2 Å². The van der Waals surface area contributed by atoms with Crippen molar-refractivity contribution in [2.75, 3.05) is 7.11 Å². The number of rotatable bonds is 3. The Hall–Kier alpha value is -2.87. The smallest absolute Gasteiger partial charge is 0.348 e. The van der Waals surface area contributed by atoms with Crippen LogP contribution in [0, 0.1) is 11.3 Å². The van der Waals surface area contributed by atoms with E-state index in [1.807, 2.05) is 36.4 Å². The molecule has 0 radical (unpaired) electrons. The van der Waals surface area contributed by atoms with Crippen LogP contribution in [-0.2, 0) is 9.53 Å². The summed E-state index contributed by atoms with van der Waals surface area (Å²) in [6.45, 7) is 0. The zero-order chi connectivity index (χ0) is 13.7. The number of methoxy groups -OCH3 is 1. The molecule has 0 bridgehead atoms. The van der Waals surface area contributed by atoms with Gasteiger partial charge in [-0.15, -0.1) is 0 Å². The maximum atomic E-state index is 11.4. The maximum absolute atomic E-state index is 11.4. The molecule has 0 atom stereocenters. The molecule has 0 fully saturated rings. The van der Waals surface area contributed by atoms with Gasteiger partial charge in [0.2, 0.25) is 0 Å². The molecule has 0 unspecified atom stereocenters. The number of nitriles is 1. The van der Waals surface area contributed by atoms with Gasteiger partial charge in [-0.2, -0.15) is 10.4 Å². The van der Waals surface area contributed by atoms with Crippen molar-refractivity contribution in [3.8, 4) is 17.3 Å². The summed E-state index contributed by atoms with van der Waals surface area (Å²) in [4.78, 5) is 11.4. The molecule has 0 aliphatic rings. The van der Waals surface area contributed by atoms with Gasteiger partial charge in [0.25, 0.3) is 0 Å². The van der Waals surface area contributed by atoms with Gasteiger partial charge < -0.3 is 4.74 Å². The fourth-order valence-electron chi connectivity index (χ4n) is 1.64. The molecule has 1 aromatic heterocycles. The number of esters is 1. The summed E-state index contributed by atoms with van der Waals surface area (Å²) in [5.41, 5.74) is 2.26. The van der Waals surface area contributed by atoms with Gasteiger partial charge >= 0.3 is 5.97 Å². The summed E-state index contributed by atoms with van der Waals surface area (Å²) >= 11 is 0. The van der Waals surface area contributed by atoms with Crippen molar-refractivity contribution < 1.29 is 9.53 Å². The molecule has 94 valence electrons. The molecule has 0 aliphatic heterocycles. The second-order valence-electron chi connectivity index (χ2n) is 3.73. The second kappa shape index (κ2) is 5.65. The number of carbonyl (C=O) groups excluding carboxylic acids is 1. The van der Waals surface area contributed by atoms with Crippen LogP contribution in [0.25, 0.3) is 17.3 Å². The summed E-state index contributed by atoms with van der Waals surface area (Å²) in [6, 6.07) is 11.3. The topological polar surface area (TPSA) is 78.8 Å². The van der Waals surface area contributed by atoms with Crippen LogP contribution in [0.2, 0.25) is 0 Å². The maximum Gasteiger partial charge on any atom is 0.348 e. The monoisotopic (exact) mass is 253 g/mol. The lowest BCUT2D eigenvalue weighted by molar-refractivity contribution is -0.135. The molecule has 1 aromatic carbocycles. The minimum atomic E-state index is -0.664. The van der Waals surface area contributed by atoms with Crippen molar-refractivity contribution in [2.45, 2.75) is 0 Å². The Morgan fingerprint density at radius 1 is 1.42 bits per heavy atom. The summed E-state index contributed by atoms with van der Waals surface area (Å²) in [5, 5.41) is 15.7. The summed E-state index contributed by atoms with van der Waals surface area (Å²) < 4.78 is 4.54. The van der Waals surface area contributed by atoms with E-state index in [1.165, 1.54) is 13.2 Å². The Labute approximate surface area is 110 Å². The van der Waals surface area contributed by atoms with Gasteiger partial charge in [0, 0.05) is 11.1 Å². The van der Waals surface area contributed by atoms with Gasteiger partial charge in [-0.3, -0.25) is 5.10 Å². The van der Waals surface area contributed by atoms with Crippen LogP contribution in [0.3, 0.4) is 0 Å². The molecular formula is C14H11N3O2. The van der Waals surface area contributed by atoms with Crippen LogP contribution in [0.4, 0.5) is 0 Å². The highest BCUT2D eigenvalue weighted by atomic mass is 16.5. The first-order valence-electron chi connectivity index (χ1n) is 5.55. The normalized spacial score (nSPS) is 10.8. The third-order valence-corrected chi connectivity index (χ3v) is 2.56. The van der Waals surface area contributed by atoms with Crippen molar-refractivity contribution in [3.05, 3.63) is 47.7 Å². The lowest BCUT2D eigenvalue weighted by Gasteiger charge is -2.00. The van der Waals surface area contributed by atoms with Gasteiger partial charge in [-0.05, 0) is 6.08 Å². The van der Waals surface area contributed by atoms with Crippen LogP contribution in [0.1, 0.15) is 5.56 Å². The molecule has 5 nitrogen and oxygen atoms in total.